The summed E-state index contributed by atoms with van der Waals surface area (Å²) in [5.41, 5.74) is 3.56. The molecule has 0 spiro atoms. The van der Waals surface area contributed by atoms with Crippen LogP contribution in [-0.4, -0.2) is 50.5 Å². The minimum atomic E-state index is -3.52. The van der Waals surface area contributed by atoms with E-state index >= 15 is 0 Å². The molecule has 0 aromatic heterocycles. The number of hydrogen-bond donors (Lipinski definition) is 1. The summed E-state index contributed by atoms with van der Waals surface area (Å²) in [6.07, 6.45) is 1.62. The predicted octanol–water partition coefficient (Wildman–Crippen LogP) is 4.17. The number of nitrogens with zero attached hydrogens (tertiary/aromatic N) is 2. The molecule has 2 amide bonds. The number of aryl methyl sites for hydroxylation is 2. The van der Waals surface area contributed by atoms with Crippen molar-refractivity contribution in [2.24, 2.45) is 0 Å². The Morgan fingerprint density at radius 2 is 1.71 bits per heavy atom. The standard InChI is InChI=1S/C25H34BrN3O4S/c1-6-27-25(31)20(4)28(17-21-10-12-22(26)13-11-21)24(30)8-7-15-29(34(5,32)33)23-14-9-18(2)19(3)16-23/h9-14,16,20H,6-8,15,17H2,1-5H3,(H,27,31)/t20-/m0/s1. The van der Waals surface area contributed by atoms with Gasteiger partial charge < -0.3 is 10.2 Å². The van der Waals surface area contributed by atoms with Crippen molar-refractivity contribution in [3.8, 4) is 0 Å². The van der Waals surface area contributed by atoms with Crippen LogP contribution in [0, 0.1) is 13.8 Å². The van der Waals surface area contributed by atoms with E-state index in [1.165, 1.54) is 10.6 Å². The van der Waals surface area contributed by atoms with Crippen LogP contribution in [0.4, 0.5) is 5.69 Å². The summed E-state index contributed by atoms with van der Waals surface area (Å²) in [6.45, 7) is 8.39. The average molecular weight is 553 g/mol. The molecule has 2 rings (SSSR count). The molecule has 0 heterocycles. The van der Waals surface area contributed by atoms with Crippen molar-refractivity contribution in [1.82, 2.24) is 10.2 Å². The number of anilines is 1. The maximum absolute atomic E-state index is 13.2. The first-order valence-corrected chi connectivity index (χ1v) is 13.9. The van der Waals surface area contributed by atoms with Gasteiger partial charge in [-0.1, -0.05) is 34.1 Å². The highest BCUT2D eigenvalue weighted by Crippen LogP contribution is 2.22. The van der Waals surface area contributed by atoms with Crippen molar-refractivity contribution in [3.05, 3.63) is 63.6 Å². The van der Waals surface area contributed by atoms with Crippen molar-refractivity contribution in [1.29, 1.82) is 0 Å². The third-order valence-electron chi connectivity index (χ3n) is 5.72. The van der Waals surface area contributed by atoms with E-state index in [0.717, 1.165) is 21.2 Å². The third kappa shape index (κ3) is 7.84. The first-order valence-electron chi connectivity index (χ1n) is 11.3. The summed E-state index contributed by atoms with van der Waals surface area (Å²) in [6, 6.07) is 12.4. The van der Waals surface area contributed by atoms with Crippen molar-refractivity contribution in [3.63, 3.8) is 0 Å². The van der Waals surface area contributed by atoms with Crippen LogP contribution in [0.3, 0.4) is 0 Å². The number of likely N-dealkylation sites (N-methyl/N-ethyl adjacent to an activating group) is 1. The van der Waals surface area contributed by atoms with Gasteiger partial charge in [0.25, 0.3) is 0 Å². The Morgan fingerprint density at radius 1 is 1.06 bits per heavy atom. The van der Waals surface area contributed by atoms with Gasteiger partial charge in [-0.15, -0.1) is 0 Å². The highest BCUT2D eigenvalue weighted by molar-refractivity contribution is 9.10. The number of carbonyl (C=O) groups excluding carboxylic acids is 2. The molecule has 0 fully saturated rings. The van der Waals surface area contributed by atoms with Gasteiger partial charge in [0.05, 0.1) is 11.9 Å². The van der Waals surface area contributed by atoms with Crippen LogP contribution in [0.2, 0.25) is 0 Å². The van der Waals surface area contributed by atoms with Gasteiger partial charge in [0.1, 0.15) is 6.04 Å². The highest BCUT2D eigenvalue weighted by Gasteiger charge is 2.26. The van der Waals surface area contributed by atoms with E-state index in [1.54, 1.807) is 17.9 Å². The van der Waals surface area contributed by atoms with E-state index in [0.29, 0.717) is 18.7 Å². The Balaban J connectivity index is 2.16. The first-order chi connectivity index (χ1) is 15.9. The lowest BCUT2D eigenvalue weighted by Gasteiger charge is -2.29. The molecule has 2 aromatic rings. The van der Waals surface area contributed by atoms with Gasteiger partial charge in [0, 0.05) is 30.5 Å². The molecule has 0 aliphatic rings. The van der Waals surface area contributed by atoms with E-state index in [4.69, 9.17) is 0 Å². The van der Waals surface area contributed by atoms with Crippen LogP contribution in [0.15, 0.2) is 46.9 Å². The maximum Gasteiger partial charge on any atom is 0.242 e. The lowest BCUT2D eigenvalue weighted by Crippen LogP contribution is -2.47. The number of sulfonamides is 1. The molecule has 0 saturated carbocycles. The topological polar surface area (TPSA) is 86.8 Å². The summed E-state index contributed by atoms with van der Waals surface area (Å²) >= 11 is 3.41. The van der Waals surface area contributed by atoms with Gasteiger partial charge in [0.2, 0.25) is 21.8 Å². The second kappa shape index (κ2) is 12.4. The number of carbonyl (C=O) groups is 2. The molecule has 0 radical (unpaired) electrons. The third-order valence-corrected chi connectivity index (χ3v) is 7.44. The smallest absolute Gasteiger partial charge is 0.242 e. The summed E-state index contributed by atoms with van der Waals surface area (Å²) in [5.74, 6) is -0.420. The molecule has 186 valence electrons. The Labute approximate surface area is 211 Å². The molecular formula is C25H34BrN3O4S. The van der Waals surface area contributed by atoms with E-state index < -0.39 is 16.1 Å². The molecular weight excluding hydrogens is 518 g/mol. The predicted molar refractivity (Wildman–Crippen MR) is 140 cm³/mol. The molecule has 0 aliphatic heterocycles. The fraction of sp³-hybridized carbons (Fsp3) is 0.440. The lowest BCUT2D eigenvalue weighted by atomic mass is 10.1. The van der Waals surface area contributed by atoms with Crippen LogP contribution in [0.5, 0.6) is 0 Å². The SMILES string of the molecule is CCNC(=O)[C@H](C)N(Cc1ccc(Br)cc1)C(=O)CCCN(c1ccc(C)c(C)c1)S(C)(=O)=O. The zero-order chi connectivity index (χ0) is 25.5. The molecule has 0 aliphatic carbocycles. The summed E-state index contributed by atoms with van der Waals surface area (Å²) in [7, 11) is -3.52. The average Bonchev–Trinajstić information content (AvgIpc) is 2.77. The molecule has 9 heteroatoms. The quantitative estimate of drug-likeness (QED) is 0.454. The van der Waals surface area contributed by atoms with Gasteiger partial charge in [-0.3, -0.25) is 13.9 Å². The second-order valence-corrected chi connectivity index (χ2v) is 11.2. The molecule has 0 saturated heterocycles. The van der Waals surface area contributed by atoms with Crippen LogP contribution >= 0.6 is 15.9 Å². The summed E-state index contributed by atoms with van der Waals surface area (Å²) < 4.78 is 27.2. The monoisotopic (exact) mass is 551 g/mol. The van der Waals surface area contributed by atoms with Crippen LogP contribution in [-0.2, 0) is 26.2 Å². The van der Waals surface area contributed by atoms with E-state index in [1.807, 2.05) is 57.2 Å². The summed E-state index contributed by atoms with van der Waals surface area (Å²) in [5, 5.41) is 2.77. The second-order valence-electron chi connectivity index (χ2n) is 8.43. The number of benzene rings is 2. The maximum atomic E-state index is 13.2. The molecule has 0 unspecified atom stereocenters. The Bertz CT molecular complexity index is 1100. The van der Waals surface area contributed by atoms with Gasteiger partial charge in [-0.2, -0.15) is 0 Å². The van der Waals surface area contributed by atoms with Crippen molar-refractivity contribution in [2.45, 2.75) is 53.1 Å². The highest BCUT2D eigenvalue weighted by atomic mass is 79.9. The van der Waals surface area contributed by atoms with Crippen molar-refractivity contribution >= 4 is 43.5 Å². The van der Waals surface area contributed by atoms with Gasteiger partial charge in [-0.25, -0.2) is 8.42 Å². The Kier molecular flexibility index (Phi) is 10.1. The number of amides is 2. The summed E-state index contributed by atoms with van der Waals surface area (Å²) in [4.78, 5) is 27.2. The van der Waals surface area contributed by atoms with E-state index in [9.17, 15) is 18.0 Å². The van der Waals surface area contributed by atoms with Crippen LogP contribution in [0.1, 0.15) is 43.4 Å². The molecule has 7 nitrogen and oxygen atoms in total. The number of halogens is 1. The Morgan fingerprint density at radius 3 is 2.26 bits per heavy atom. The van der Waals surface area contributed by atoms with Crippen LogP contribution in [0.25, 0.3) is 0 Å². The molecule has 2 aromatic carbocycles. The lowest BCUT2D eigenvalue weighted by molar-refractivity contribution is -0.140. The van der Waals surface area contributed by atoms with E-state index in [-0.39, 0.29) is 31.3 Å². The first kappa shape index (κ1) is 27.9. The number of rotatable bonds is 11. The molecule has 1 N–H and O–H groups in total. The minimum absolute atomic E-state index is 0.122. The number of nitrogens with one attached hydrogen (secondary N) is 1. The van der Waals surface area contributed by atoms with Gasteiger partial charge in [-0.05, 0) is 75.1 Å². The molecule has 34 heavy (non-hydrogen) atoms. The fourth-order valence-electron chi connectivity index (χ4n) is 3.58. The fourth-order valence-corrected chi connectivity index (χ4v) is 4.80. The van der Waals surface area contributed by atoms with Crippen molar-refractivity contribution in [2.75, 3.05) is 23.7 Å². The van der Waals surface area contributed by atoms with Crippen LogP contribution < -0.4 is 9.62 Å². The minimum Gasteiger partial charge on any atom is -0.355 e. The zero-order valence-electron chi connectivity index (χ0n) is 20.5. The normalized spacial score (nSPS) is 12.2. The number of hydrogen-bond acceptors (Lipinski definition) is 4. The van der Waals surface area contributed by atoms with E-state index in [2.05, 4.69) is 21.2 Å². The Hall–Kier alpha value is -2.39. The van der Waals surface area contributed by atoms with Gasteiger partial charge >= 0.3 is 0 Å². The molecule has 1 atom stereocenters. The van der Waals surface area contributed by atoms with Crippen molar-refractivity contribution < 1.29 is 18.0 Å². The largest absolute Gasteiger partial charge is 0.355 e. The van der Waals surface area contributed by atoms with Gasteiger partial charge in [0.15, 0.2) is 0 Å². The molecule has 0 bridgehead atoms. The zero-order valence-corrected chi connectivity index (χ0v) is 22.9.